The zero-order chi connectivity index (χ0) is 25.1. The van der Waals surface area contributed by atoms with Crippen LogP contribution in [0.2, 0.25) is 0 Å². The maximum atomic E-state index is 13.6. The van der Waals surface area contributed by atoms with Gasteiger partial charge in [-0.2, -0.15) is 0 Å². The highest BCUT2D eigenvalue weighted by Gasteiger charge is 2.33. The van der Waals surface area contributed by atoms with Crippen LogP contribution in [-0.2, 0) is 9.53 Å². The van der Waals surface area contributed by atoms with E-state index >= 15 is 0 Å². The molecule has 2 heterocycles. The van der Waals surface area contributed by atoms with Crippen LogP contribution in [0.15, 0.2) is 63.5 Å². The van der Waals surface area contributed by atoms with Crippen LogP contribution in [0.1, 0.15) is 37.9 Å². The highest BCUT2D eigenvalue weighted by Crippen LogP contribution is 2.32. The predicted octanol–water partition coefficient (Wildman–Crippen LogP) is 2.91. The Hall–Kier alpha value is -3.85. The van der Waals surface area contributed by atoms with Gasteiger partial charge in [-0.05, 0) is 62.2 Å². The molecule has 0 unspecified atom stereocenters. The zero-order valence-corrected chi connectivity index (χ0v) is 20.7. The highest BCUT2D eigenvalue weighted by molar-refractivity contribution is 7.07. The fourth-order valence-corrected chi connectivity index (χ4v) is 5.00. The van der Waals surface area contributed by atoms with Crippen LogP contribution < -0.4 is 24.4 Å². The molecule has 1 atom stereocenters. The summed E-state index contributed by atoms with van der Waals surface area (Å²) in [6.45, 7) is 6.12. The Labute approximate surface area is 206 Å². The molecule has 3 aromatic rings. The molecule has 0 fully saturated rings. The minimum absolute atomic E-state index is 0.0105. The lowest BCUT2D eigenvalue weighted by Crippen LogP contribution is -2.39. The number of thiazole rings is 1. The van der Waals surface area contributed by atoms with Crippen LogP contribution in [-0.4, -0.2) is 36.0 Å². The second kappa shape index (κ2) is 10.2. The van der Waals surface area contributed by atoms with Crippen molar-refractivity contribution in [3.63, 3.8) is 0 Å². The van der Waals surface area contributed by atoms with E-state index in [1.807, 2.05) is 31.2 Å². The van der Waals surface area contributed by atoms with Crippen molar-refractivity contribution in [2.75, 3.05) is 20.3 Å². The maximum Gasteiger partial charge on any atom is 0.338 e. The second-order valence-corrected chi connectivity index (χ2v) is 8.74. The van der Waals surface area contributed by atoms with Gasteiger partial charge in [-0.1, -0.05) is 29.5 Å². The molecule has 1 aliphatic heterocycles. The Morgan fingerprint density at radius 1 is 1.17 bits per heavy atom. The summed E-state index contributed by atoms with van der Waals surface area (Å²) < 4.78 is 18.0. The summed E-state index contributed by atoms with van der Waals surface area (Å²) in [6, 6.07) is 11.5. The minimum atomic E-state index is -0.697. The van der Waals surface area contributed by atoms with Gasteiger partial charge in [0.05, 0.1) is 42.2 Å². The zero-order valence-electron chi connectivity index (χ0n) is 19.9. The fourth-order valence-electron chi connectivity index (χ4n) is 3.96. The van der Waals surface area contributed by atoms with Crippen LogP contribution >= 0.6 is 11.3 Å². The first kappa shape index (κ1) is 24.3. The van der Waals surface area contributed by atoms with Crippen molar-refractivity contribution in [3.05, 3.63) is 84.5 Å². The third-order valence-corrected chi connectivity index (χ3v) is 6.51. The van der Waals surface area contributed by atoms with Crippen molar-refractivity contribution in [1.82, 2.24) is 4.57 Å². The van der Waals surface area contributed by atoms with E-state index < -0.39 is 12.0 Å². The van der Waals surface area contributed by atoms with E-state index in [1.54, 1.807) is 32.1 Å². The lowest BCUT2D eigenvalue weighted by molar-refractivity contribution is -0.139. The Balaban J connectivity index is 1.90. The first-order valence-electron chi connectivity index (χ1n) is 11.2. The summed E-state index contributed by atoms with van der Waals surface area (Å²) in [7, 11) is 1.46. The van der Waals surface area contributed by atoms with Gasteiger partial charge in [0.2, 0.25) is 0 Å². The summed E-state index contributed by atoms with van der Waals surface area (Å²) >= 11 is 1.23. The molecule has 1 aromatic heterocycles. The SMILES string of the molecule is CCOC(=O)C1=C(C)N=c2s/c(=C\c3ccc(O)c(OC)c3)c(=O)n2[C@@H]1c1ccc(OCC)cc1. The Morgan fingerprint density at radius 3 is 2.57 bits per heavy atom. The smallest absolute Gasteiger partial charge is 0.338 e. The van der Waals surface area contributed by atoms with Gasteiger partial charge in [0, 0.05) is 0 Å². The van der Waals surface area contributed by atoms with Gasteiger partial charge in [0.25, 0.3) is 5.56 Å². The average Bonchev–Trinajstić information content (AvgIpc) is 3.14. The number of aromatic nitrogens is 1. The van der Waals surface area contributed by atoms with E-state index in [2.05, 4.69) is 4.99 Å². The lowest BCUT2D eigenvalue weighted by atomic mass is 9.96. The van der Waals surface area contributed by atoms with E-state index in [9.17, 15) is 14.7 Å². The van der Waals surface area contributed by atoms with E-state index in [4.69, 9.17) is 14.2 Å². The predicted molar refractivity (Wildman–Crippen MR) is 133 cm³/mol. The quantitative estimate of drug-likeness (QED) is 0.507. The molecule has 0 saturated heterocycles. The fraction of sp³-hybridized carbons (Fsp3) is 0.269. The topological polar surface area (TPSA) is 99.4 Å². The van der Waals surface area contributed by atoms with Gasteiger partial charge in [-0.15, -0.1) is 0 Å². The number of hydrogen-bond donors (Lipinski definition) is 1. The summed E-state index contributed by atoms with van der Waals surface area (Å²) in [5, 5.41) is 9.88. The third kappa shape index (κ3) is 4.72. The molecule has 0 radical (unpaired) electrons. The number of nitrogens with zero attached hydrogens (tertiary/aromatic N) is 2. The first-order chi connectivity index (χ1) is 16.9. The summed E-state index contributed by atoms with van der Waals surface area (Å²) in [5.74, 6) is 0.504. The number of ether oxygens (including phenoxy) is 3. The largest absolute Gasteiger partial charge is 0.504 e. The van der Waals surface area contributed by atoms with Gasteiger partial charge in [-0.3, -0.25) is 9.36 Å². The van der Waals surface area contributed by atoms with Gasteiger partial charge >= 0.3 is 5.97 Å². The van der Waals surface area contributed by atoms with E-state index in [0.29, 0.717) is 44.3 Å². The molecule has 2 aromatic carbocycles. The molecule has 1 N–H and O–H groups in total. The number of carbonyl (C=O) groups is 1. The molecule has 4 rings (SSSR count). The van der Waals surface area contributed by atoms with E-state index in [-0.39, 0.29) is 17.9 Å². The van der Waals surface area contributed by atoms with Gasteiger partial charge < -0.3 is 19.3 Å². The molecule has 0 amide bonds. The monoisotopic (exact) mass is 494 g/mol. The molecule has 0 aliphatic carbocycles. The number of fused-ring (bicyclic) bond motifs is 1. The second-order valence-electron chi connectivity index (χ2n) is 7.74. The molecule has 8 nitrogen and oxygen atoms in total. The van der Waals surface area contributed by atoms with Crippen molar-refractivity contribution >= 4 is 23.4 Å². The van der Waals surface area contributed by atoms with Crippen LogP contribution in [0.25, 0.3) is 6.08 Å². The molecule has 0 saturated carbocycles. The number of benzene rings is 2. The van der Waals surface area contributed by atoms with Crippen LogP contribution in [0, 0.1) is 0 Å². The van der Waals surface area contributed by atoms with Gasteiger partial charge in [-0.25, -0.2) is 9.79 Å². The number of carbonyl (C=O) groups excluding carboxylic acids is 1. The van der Waals surface area contributed by atoms with Gasteiger partial charge in [0.15, 0.2) is 16.3 Å². The summed E-state index contributed by atoms with van der Waals surface area (Å²) in [4.78, 5) is 31.6. The van der Waals surface area contributed by atoms with Crippen LogP contribution in [0.3, 0.4) is 0 Å². The summed E-state index contributed by atoms with van der Waals surface area (Å²) in [6.07, 6.45) is 1.71. The van der Waals surface area contributed by atoms with Crippen molar-refractivity contribution in [2.45, 2.75) is 26.8 Å². The standard InChI is InChI=1S/C26H26N2O6S/c1-5-33-18-10-8-17(9-11-18)23-22(25(31)34-6-2)15(3)27-26-28(23)24(30)21(35-26)14-16-7-12-19(29)20(13-16)32-4/h7-14,23,29H,5-6H2,1-4H3/b21-14-/t23-/m1/s1. The van der Waals surface area contributed by atoms with Crippen LogP contribution in [0.4, 0.5) is 0 Å². The third-order valence-electron chi connectivity index (χ3n) is 5.53. The van der Waals surface area contributed by atoms with Crippen molar-refractivity contribution in [1.29, 1.82) is 0 Å². The Kier molecular flexibility index (Phi) is 7.07. The van der Waals surface area contributed by atoms with Crippen molar-refractivity contribution < 1.29 is 24.1 Å². The number of phenols is 1. The molecule has 182 valence electrons. The Bertz CT molecular complexity index is 1470. The molecule has 35 heavy (non-hydrogen) atoms. The number of esters is 1. The minimum Gasteiger partial charge on any atom is -0.504 e. The normalized spacial score (nSPS) is 15.4. The summed E-state index contributed by atoms with van der Waals surface area (Å²) in [5.41, 5.74) is 1.96. The highest BCUT2D eigenvalue weighted by atomic mass is 32.1. The number of allylic oxidation sites excluding steroid dienone is 1. The van der Waals surface area contributed by atoms with Crippen LogP contribution in [0.5, 0.6) is 17.2 Å². The molecule has 1 aliphatic rings. The van der Waals surface area contributed by atoms with Gasteiger partial charge in [0.1, 0.15) is 5.75 Å². The Morgan fingerprint density at radius 2 is 1.91 bits per heavy atom. The lowest BCUT2D eigenvalue weighted by Gasteiger charge is -2.24. The van der Waals surface area contributed by atoms with E-state index in [1.165, 1.54) is 29.1 Å². The van der Waals surface area contributed by atoms with E-state index in [0.717, 1.165) is 5.56 Å². The van der Waals surface area contributed by atoms with Crippen molar-refractivity contribution in [3.8, 4) is 17.2 Å². The maximum absolute atomic E-state index is 13.6. The first-order valence-corrected chi connectivity index (χ1v) is 12.0. The molecule has 9 heteroatoms. The molecular formula is C26H26N2O6S. The average molecular weight is 495 g/mol. The number of methoxy groups -OCH3 is 1. The number of hydrogen-bond acceptors (Lipinski definition) is 8. The number of rotatable bonds is 7. The molecular weight excluding hydrogens is 468 g/mol. The van der Waals surface area contributed by atoms with Crippen molar-refractivity contribution in [2.24, 2.45) is 4.99 Å². The molecule has 0 bridgehead atoms. The molecule has 0 spiro atoms. The number of phenolic OH excluding ortho intramolecular Hbond substituents is 1. The number of aromatic hydroxyl groups is 1.